The Hall–Kier alpha value is -1.35. The van der Waals surface area contributed by atoms with Gasteiger partial charge in [0, 0.05) is 13.0 Å². The third-order valence-electron chi connectivity index (χ3n) is 3.18. The fourth-order valence-electron chi connectivity index (χ4n) is 1.96. The van der Waals surface area contributed by atoms with Gasteiger partial charge in [-0.1, -0.05) is 36.8 Å². The smallest absolute Gasteiger partial charge is 0.220 e. The molecule has 1 rings (SSSR count). The average Bonchev–Trinajstić information content (AvgIpc) is 2.37. The van der Waals surface area contributed by atoms with Gasteiger partial charge in [0.05, 0.1) is 0 Å². The largest absolute Gasteiger partial charge is 0.356 e. The Balaban J connectivity index is 2.51. The monoisotopic (exact) mass is 248 g/mol. The van der Waals surface area contributed by atoms with Crippen molar-refractivity contribution in [3.63, 3.8) is 0 Å². The Kier molecular flexibility index (Phi) is 6.44. The number of hydrogen-bond donors (Lipinski definition) is 2. The maximum Gasteiger partial charge on any atom is 0.220 e. The highest BCUT2D eigenvalue weighted by Crippen LogP contribution is 2.23. The molecular weight excluding hydrogens is 224 g/mol. The number of amides is 1. The van der Waals surface area contributed by atoms with E-state index in [4.69, 9.17) is 5.73 Å². The van der Waals surface area contributed by atoms with Gasteiger partial charge in [-0.15, -0.1) is 0 Å². The maximum atomic E-state index is 11.8. The summed E-state index contributed by atoms with van der Waals surface area (Å²) in [5, 5.41) is 2.91. The van der Waals surface area contributed by atoms with Gasteiger partial charge in [-0.05, 0) is 37.8 Å². The first-order valence-electron chi connectivity index (χ1n) is 6.70. The van der Waals surface area contributed by atoms with E-state index in [1.54, 1.807) is 0 Å². The number of benzene rings is 1. The van der Waals surface area contributed by atoms with E-state index in [-0.39, 0.29) is 5.91 Å². The third-order valence-corrected chi connectivity index (χ3v) is 3.18. The molecule has 0 radical (unpaired) electrons. The van der Waals surface area contributed by atoms with Gasteiger partial charge in [0.15, 0.2) is 0 Å². The molecule has 3 N–H and O–H groups in total. The Labute approximate surface area is 110 Å². The highest BCUT2D eigenvalue weighted by atomic mass is 16.1. The molecule has 0 heterocycles. The first-order chi connectivity index (χ1) is 8.67. The molecule has 3 nitrogen and oxygen atoms in total. The molecule has 0 bridgehead atoms. The van der Waals surface area contributed by atoms with Crippen LogP contribution in [0.2, 0.25) is 0 Å². The normalized spacial score (nSPS) is 12.2. The third kappa shape index (κ3) is 4.88. The highest BCUT2D eigenvalue weighted by molar-refractivity contribution is 5.76. The summed E-state index contributed by atoms with van der Waals surface area (Å²) in [5.41, 5.74) is 7.89. The Morgan fingerprint density at radius 1 is 1.33 bits per heavy atom. The molecular formula is C15H24N2O. The van der Waals surface area contributed by atoms with E-state index in [2.05, 4.69) is 43.4 Å². The van der Waals surface area contributed by atoms with Gasteiger partial charge < -0.3 is 11.1 Å². The van der Waals surface area contributed by atoms with Crippen molar-refractivity contribution in [2.45, 2.75) is 39.0 Å². The van der Waals surface area contributed by atoms with Crippen LogP contribution in [0.15, 0.2) is 24.3 Å². The predicted octanol–water partition coefficient (Wildman–Crippen LogP) is 2.34. The molecule has 0 aliphatic rings. The molecule has 1 amide bonds. The van der Waals surface area contributed by atoms with Crippen LogP contribution in [0, 0.1) is 6.92 Å². The quantitative estimate of drug-likeness (QED) is 0.728. The number of nitrogens with two attached hydrogens (primary N) is 1. The van der Waals surface area contributed by atoms with Crippen LogP contribution in [0.1, 0.15) is 43.2 Å². The molecule has 0 aliphatic heterocycles. The lowest BCUT2D eigenvalue weighted by Crippen LogP contribution is -2.27. The molecule has 1 aromatic carbocycles. The molecule has 1 atom stereocenters. The van der Waals surface area contributed by atoms with Crippen molar-refractivity contribution in [3.8, 4) is 0 Å². The van der Waals surface area contributed by atoms with E-state index < -0.39 is 0 Å². The molecule has 0 spiro atoms. The second kappa shape index (κ2) is 7.88. The number of hydrogen-bond acceptors (Lipinski definition) is 2. The zero-order valence-corrected chi connectivity index (χ0v) is 11.4. The number of aryl methyl sites for hydroxylation is 1. The minimum absolute atomic E-state index is 0.121. The van der Waals surface area contributed by atoms with E-state index >= 15 is 0 Å². The minimum atomic E-state index is 0.121. The number of carbonyl (C=O) groups excluding carboxylic acids is 1. The van der Waals surface area contributed by atoms with Gasteiger partial charge in [0.25, 0.3) is 0 Å². The summed E-state index contributed by atoms with van der Waals surface area (Å²) in [4.78, 5) is 11.8. The van der Waals surface area contributed by atoms with Crippen LogP contribution < -0.4 is 11.1 Å². The van der Waals surface area contributed by atoms with Crippen LogP contribution in [0.4, 0.5) is 0 Å². The van der Waals surface area contributed by atoms with E-state index in [0.717, 1.165) is 12.8 Å². The van der Waals surface area contributed by atoms with Crippen molar-refractivity contribution in [2.75, 3.05) is 13.1 Å². The summed E-state index contributed by atoms with van der Waals surface area (Å²) >= 11 is 0. The number of carbonyl (C=O) groups is 1. The molecule has 1 unspecified atom stereocenters. The molecule has 0 saturated heterocycles. The zero-order chi connectivity index (χ0) is 13.4. The summed E-state index contributed by atoms with van der Waals surface area (Å²) in [6.45, 7) is 5.50. The second-order valence-electron chi connectivity index (χ2n) is 4.71. The number of rotatable bonds is 7. The Bertz CT molecular complexity index is 359. The summed E-state index contributed by atoms with van der Waals surface area (Å²) in [6.07, 6.45) is 2.38. The SMILES string of the molecule is CCC(CC(=O)NCCCN)c1ccc(C)cc1. The van der Waals surface area contributed by atoms with Crippen LogP contribution in [0.25, 0.3) is 0 Å². The zero-order valence-electron chi connectivity index (χ0n) is 11.4. The second-order valence-corrected chi connectivity index (χ2v) is 4.71. The van der Waals surface area contributed by atoms with Gasteiger partial charge in [0.2, 0.25) is 5.91 Å². The molecule has 100 valence electrons. The first kappa shape index (κ1) is 14.7. The molecule has 3 heteroatoms. The van der Waals surface area contributed by atoms with Gasteiger partial charge in [-0.3, -0.25) is 4.79 Å². The fraction of sp³-hybridized carbons (Fsp3) is 0.533. The molecule has 18 heavy (non-hydrogen) atoms. The van der Waals surface area contributed by atoms with E-state index in [1.807, 2.05) is 0 Å². The van der Waals surface area contributed by atoms with Crippen molar-refractivity contribution in [1.29, 1.82) is 0 Å². The lowest BCUT2D eigenvalue weighted by molar-refractivity contribution is -0.121. The molecule has 0 aliphatic carbocycles. The fourth-order valence-corrected chi connectivity index (χ4v) is 1.96. The van der Waals surface area contributed by atoms with Gasteiger partial charge in [-0.25, -0.2) is 0 Å². The van der Waals surface area contributed by atoms with Crippen LogP contribution in [0.5, 0.6) is 0 Å². The van der Waals surface area contributed by atoms with Gasteiger partial charge in [0.1, 0.15) is 0 Å². The molecule has 1 aromatic rings. The standard InChI is InChI=1S/C15H24N2O/c1-3-13(11-15(18)17-10-4-9-16)14-7-5-12(2)6-8-14/h5-8,13H,3-4,9-11,16H2,1-2H3,(H,17,18). The van der Waals surface area contributed by atoms with Crippen LogP contribution >= 0.6 is 0 Å². The summed E-state index contributed by atoms with van der Waals surface area (Å²) in [5.74, 6) is 0.430. The summed E-state index contributed by atoms with van der Waals surface area (Å²) in [6, 6.07) is 8.45. The predicted molar refractivity (Wildman–Crippen MR) is 75.5 cm³/mol. The van der Waals surface area contributed by atoms with Crippen molar-refractivity contribution in [2.24, 2.45) is 5.73 Å². The maximum absolute atomic E-state index is 11.8. The Morgan fingerprint density at radius 3 is 2.56 bits per heavy atom. The lowest BCUT2D eigenvalue weighted by atomic mass is 9.92. The van der Waals surface area contributed by atoms with E-state index in [9.17, 15) is 4.79 Å². The number of nitrogens with one attached hydrogen (secondary N) is 1. The van der Waals surface area contributed by atoms with Crippen molar-refractivity contribution < 1.29 is 4.79 Å². The van der Waals surface area contributed by atoms with Crippen molar-refractivity contribution >= 4 is 5.91 Å². The molecule has 0 aromatic heterocycles. The topological polar surface area (TPSA) is 55.1 Å². The minimum Gasteiger partial charge on any atom is -0.356 e. The van der Waals surface area contributed by atoms with E-state index in [1.165, 1.54) is 11.1 Å². The highest BCUT2D eigenvalue weighted by Gasteiger charge is 2.13. The van der Waals surface area contributed by atoms with Gasteiger partial charge >= 0.3 is 0 Å². The summed E-state index contributed by atoms with van der Waals surface area (Å²) in [7, 11) is 0. The summed E-state index contributed by atoms with van der Waals surface area (Å²) < 4.78 is 0. The molecule has 0 fully saturated rings. The molecule has 0 saturated carbocycles. The van der Waals surface area contributed by atoms with Crippen LogP contribution in [-0.4, -0.2) is 19.0 Å². The lowest BCUT2D eigenvalue weighted by Gasteiger charge is -2.15. The Morgan fingerprint density at radius 2 is 2.00 bits per heavy atom. The van der Waals surface area contributed by atoms with Crippen LogP contribution in [0.3, 0.4) is 0 Å². The average molecular weight is 248 g/mol. The van der Waals surface area contributed by atoms with Gasteiger partial charge in [-0.2, -0.15) is 0 Å². The van der Waals surface area contributed by atoms with E-state index in [0.29, 0.717) is 25.4 Å². The first-order valence-corrected chi connectivity index (χ1v) is 6.70. The van der Waals surface area contributed by atoms with Crippen molar-refractivity contribution in [3.05, 3.63) is 35.4 Å². The van der Waals surface area contributed by atoms with Crippen LogP contribution in [-0.2, 0) is 4.79 Å². The van der Waals surface area contributed by atoms with Crippen molar-refractivity contribution in [1.82, 2.24) is 5.32 Å².